The van der Waals surface area contributed by atoms with Gasteiger partial charge in [-0.15, -0.1) is 0 Å². The minimum atomic E-state index is -0.774. The van der Waals surface area contributed by atoms with E-state index in [1.165, 1.54) is 0 Å². The number of hydrogen-bond acceptors (Lipinski definition) is 6. The molecule has 0 unspecified atom stereocenters. The summed E-state index contributed by atoms with van der Waals surface area (Å²) < 4.78 is 21.9. The second-order valence-electron chi connectivity index (χ2n) is 9.08. The number of nitrogens with one attached hydrogen (secondary N) is 2. The van der Waals surface area contributed by atoms with Gasteiger partial charge in [-0.2, -0.15) is 0 Å². The van der Waals surface area contributed by atoms with Crippen molar-refractivity contribution in [3.63, 3.8) is 0 Å². The average molecular weight is 535 g/mol. The lowest BCUT2D eigenvalue weighted by molar-refractivity contribution is -0.123. The van der Waals surface area contributed by atoms with E-state index < -0.39 is 6.17 Å². The molecule has 0 fully saturated rings. The van der Waals surface area contributed by atoms with Crippen molar-refractivity contribution in [1.29, 1.82) is 0 Å². The van der Waals surface area contributed by atoms with Crippen molar-refractivity contribution < 1.29 is 28.5 Å². The van der Waals surface area contributed by atoms with Crippen LogP contribution in [0.15, 0.2) is 66.7 Å². The van der Waals surface area contributed by atoms with Gasteiger partial charge in [-0.05, 0) is 59.5 Å². The zero-order valence-electron chi connectivity index (χ0n) is 23.1. The Balaban J connectivity index is 1.77. The van der Waals surface area contributed by atoms with Gasteiger partial charge in [0.1, 0.15) is 17.7 Å². The number of carbonyl (C=O) groups is 2. The minimum Gasteiger partial charge on any atom is -0.497 e. The molecule has 0 saturated heterocycles. The van der Waals surface area contributed by atoms with Gasteiger partial charge >= 0.3 is 0 Å². The van der Waals surface area contributed by atoms with Crippen LogP contribution in [0.1, 0.15) is 49.0 Å². The lowest BCUT2D eigenvalue weighted by atomic mass is 10.1. The summed E-state index contributed by atoms with van der Waals surface area (Å²) in [6, 6.07) is 20.0. The van der Waals surface area contributed by atoms with E-state index in [0.29, 0.717) is 35.2 Å². The first kappa shape index (κ1) is 29.4. The summed E-state index contributed by atoms with van der Waals surface area (Å²) in [5.74, 6) is 2.09. The summed E-state index contributed by atoms with van der Waals surface area (Å²) in [5, 5.41) is 5.92. The molecule has 3 rings (SSSR count). The molecule has 39 heavy (non-hydrogen) atoms. The number of amides is 2. The van der Waals surface area contributed by atoms with Gasteiger partial charge in [-0.3, -0.25) is 9.59 Å². The first-order valence-corrected chi connectivity index (χ1v) is 13.1. The Morgan fingerprint density at radius 2 is 1.23 bits per heavy atom. The van der Waals surface area contributed by atoms with E-state index >= 15 is 0 Å². The van der Waals surface area contributed by atoms with E-state index in [9.17, 15) is 9.59 Å². The third-order valence-electron chi connectivity index (χ3n) is 6.18. The molecule has 0 bridgehead atoms. The Morgan fingerprint density at radius 1 is 0.692 bits per heavy atom. The molecule has 0 atom stereocenters. The molecule has 0 spiro atoms. The molecule has 3 aromatic rings. The molecule has 8 nitrogen and oxygen atoms in total. The van der Waals surface area contributed by atoms with E-state index in [4.69, 9.17) is 18.9 Å². The predicted molar refractivity (Wildman–Crippen MR) is 150 cm³/mol. The molecule has 0 aliphatic rings. The number of hydrogen-bond donors (Lipinski definition) is 2. The largest absolute Gasteiger partial charge is 0.497 e. The van der Waals surface area contributed by atoms with Gasteiger partial charge in [0.05, 0.1) is 40.8 Å². The zero-order chi connectivity index (χ0) is 28.0. The van der Waals surface area contributed by atoms with Gasteiger partial charge in [0.25, 0.3) is 0 Å². The second kappa shape index (κ2) is 15.3. The fourth-order valence-corrected chi connectivity index (χ4v) is 4.00. The summed E-state index contributed by atoms with van der Waals surface area (Å²) in [6.07, 6.45) is 2.66. The monoisotopic (exact) mass is 534 g/mol. The number of unbranched alkanes of at least 4 members (excludes halogenated alkanes) is 2. The number of ether oxygens (including phenoxy) is 4. The molecule has 208 valence electrons. The third kappa shape index (κ3) is 9.25. The van der Waals surface area contributed by atoms with Gasteiger partial charge in [0.2, 0.25) is 11.8 Å². The molecule has 0 aliphatic carbocycles. The van der Waals surface area contributed by atoms with Crippen molar-refractivity contribution in [1.82, 2.24) is 10.6 Å². The Bertz CT molecular complexity index is 1130. The standard InChI is InChI=1S/C31H38N2O6/c1-5-6-7-18-39-27-17-12-24(21-28(27)38-4)31(32-29(34)19-22-8-13-25(36-2)14-9-22)33-30(35)20-23-10-15-26(37-3)16-11-23/h8-17,21,31H,5-7,18-20H2,1-4H3,(H,32,34)(H,33,35). The van der Waals surface area contributed by atoms with E-state index in [1.807, 2.05) is 30.3 Å². The summed E-state index contributed by atoms with van der Waals surface area (Å²) in [4.78, 5) is 26.0. The van der Waals surface area contributed by atoms with Crippen molar-refractivity contribution in [2.45, 2.75) is 45.2 Å². The SMILES string of the molecule is CCCCCOc1ccc(C(NC(=O)Cc2ccc(OC)cc2)NC(=O)Cc2ccc(OC)cc2)cc1OC. The molecule has 0 aromatic heterocycles. The van der Waals surface area contributed by atoms with Crippen LogP contribution in [0.2, 0.25) is 0 Å². The van der Waals surface area contributed by atoms with Crippen LogP contribution in [0.3, 0.4) is 0 Å². The Labute approximate surface area is 230 Å². The fourth-order valence-electron chi connectivity index (χ4n) is 4.00. The highest BCUT2D eigenvalue weighted by atomic mass is 16.5. The van der Waals surface area contributed by atoms with Crippen LogP contribution >= 0.6 is 0 Å². The van der Waals surface area contributed by atoms with Gasteiger partial charge in [0, 0.05) is 0 Å². The van der Waals surface area contributed by atoms with Crippen molar-refractivity contribution in [2.24, 2.45) is 0 Å². The van der Waals surface area contributed by atoms with Crippen LogP contribution < -0.4 is 29.6 Å². The summed E-state index contributed by atoms with van der Waals surface area (Å²) in [6.45, 7) is 2.73. The molecule has 2 N–H and O–H groups in total. The molecule has 0 heterocycles. The average Bonchev–Trinajstić information content (AvgIpc) is 2.95. The second-order valence-corrected chi connectivity index (χ2v) is 9.08. The zero-order valence-corrected chi connectivity index (χ0v) is 23.1. The highest BCUT2D eigenvalue weighted by Crippen LogP contribution is 2.30. The third-order valence-corrected chi connectivity index (χ3v) is 6.18. The number of benzene rings is 3. The van der Waals surface area contributed by atoms with Crippen LogP contribution in [0, 0.1) is 0 Å². The predicted octanol–water partition coefficient (Wildman–Crippen LogP) is 5.00. The fraction of sp³-hybridized carbons (Fsp3) is 0.355. The van der Waals surface area contributed by atoms with Gasteiger partial charge in [-0.1, -0.05) is 50.1 Å². The minimum absolute atomic E-state index is 0.143. The molecular weight excluding hydrogens is 496 g/mol. The molecule has 3 aromatic carbocycles. The first-order valence-electron chi connectivity index (χ1n) is 13.1. The highest BCUT2D eigenvalue weighted by molar-refractivity contribution is 5.82. The van der Waals surface area contributed by atoms with E-state index in [2.05, 4.69) is 17.6 Å². The number of methoxy groups -OCH3 is 3. The summed E-state index contributed by atoms with van der Waals surface area (Å²) >= 11 is 0. The molecule has 2 amide bonds. The number of carbonyl (C=O) groups excluding carboxylic acids is 2. The van der Waals surface area contributed by atoms with Crippen LogP contribution in [0.25, 0.3) is 0 Å². The van der Waals surface area contributed by atoms with Crippen molar-refractivity contribution in [3.05, 3.63) is 83.4 Å². The van der Waals surface area contributed by atoms with Gasteiger partial charge in [0.15, 0.2) is 11.5 Å². The summed E-state index contributed by atoms with van der Waals surface area (Å²) in [7, 11) is 4.75. The van der Waals surface area contributed by atoms with Crippen LogP contribution in [-0.4, -0.2) is 39.8 Å². The molecule has 0 saturated carbocycles. The van der Waals surface area contributed by atoms with Crippen molar-refractivity contribution >= 4 is 11.8 Å². The van der Waals surface area contributed by atoms with Crippen molar-refractivity contribution in [2.75, 3.05) is 27.9 Å². The lowest BCUT2D eigenvalue weighted by Gasteiger charge is -2.22. The smallest absolute Gasteiger partial charge is 0.226 e. The van der Waals surface area contributed by atoms with E-state index in [0.717, 1.165) is 30.4 Å². The summed E-state index contributed by atoms with van der Waals surface area (Å²) in [5.41, 5.74) is 2.31. The molecule has 0 aliphatic heterocycles. The Hall–Kier alpha value is -4.20. The van der Waals surface area contributed by atoms with E-state index in [-0.39, 0.29) is 24.7 Å². The quantitative estimate of drug-likeness (QED) is 0.211. The van der Waals surface area contributed by atoms with Crippen LogP contribution in [0.5, 0.6) is 23.0 Å². The Kier molecular flexibility index (Phi) is 11.5. The van der Waals surface area contributed by atoms with Gasteiger partial charge < -0.3 is 29.6 Å². The van der Waals surface area contributed by atoms with Crippen molar-refractivity contribution in [3.8, 4) is 23.0 Å². The highest BCUT2D eigenvalue weighted by Gasteiger charge is 2.20. The van der Waals surface area contributed by atoms with Gasteiger partial charge in [-0.25, -0.2) is 0 Å². The topological polar surface area (TPSA) is 95.1 Å². The number of rotatable bonds is 15. The normalized spacial score (nSPS) is 10.6. The Morgan fingerprint density at radius 3 is 1.69 bits per heavy atom. The molecular formula is C31H38N2O6. The molecule has 0 radical (unpaired) electrons. The lowest BCUT2D eigenvalue weighted by Crippen LogP contribution is -2.42. The maximum Gasteiger partial charge on any atom is 0.226 e. The maximum absolute atomic E-state index is 13.0. The van der Waals surface area contributed by atoms with Crippen LogP contribution in [-0.2, 0) is 22.4 Å². The molecule has 8 heteroatoms. The maximum atomic E-state index is 13.0. The van der Waals surface area contributed by atoms with Crippen LogP contribution in [0.4, 0.5) is 0 Å². The first-order chi connectivity index (χ1) is 18.9. The van der Waals surface area contributed by atoms with E-state index in [1.54, 1.807) is 57.7 Å².